The Morgan fingerprint density at radius 2 is 2.00 bits per heavy atom. The Kier molecular flexibility index (Phi) is 4.32. The maximum Gasteiger partial charge on any atom is 0.255 e. The Labute approximate surface area is 116 Å². The first-order valence-electron chi connectivity index (χ1n) is 6.23. The summed E-state index contributed by atoms with van der Waals surface area (Å²) in [4.78, 5) is 15.8. The minimum atomic E-state index is -0.811. The monoisotopic (exact) mass is 272 g/mol. The minimum absolute atomic E-state index is 0.0657. The fourth-order valence-corrected chi connectivity index (χ4v) is 1.82. The van der Waals surface area contributed by atoms with E-state index in [1.54, 1.807) is 36.7 Å². The van der Waals surface area contributed by atoms with Crippen molar-refractivity contribution < 1.29 is 15.0 Å². The summed E-state index contributed by atoms with van der Waals surface area (Å²) >= 11 is 0. The molecule has 0 radical (unpaired) electrons. The highest BCUT2D eigenvalue weighted by Crippen LogP contribution is 2.18. The first-order valence-corrected chi connectivity index (χ1v) is 6.23. The number of carbonyl (C=O) groups is 1. The number of amides is 1. The van der Waals surface area contributed by atoms with E-state index in [1.807, 2.05) is 6.92 Å². The SMILES string of the molecule is Cc1ccc(O)c(C(=O)NCC(O)c2ccncc2)c1. The van der Waals surface area contributed by atoms with Crippen molar-refractivity contribution in [2.75, 3.05) is 6.54 Å². The van der Waals surface area contributed by atoms with Crippen LogP contribution in [0.15, 0.2) is 42.7 Å². The molecule has 3 N–H and O–H groups in total. The molecule has 2 aromatic rings. The molecule has 1 heterocycles. The first-order chi connectivity index (χ1) is 9.58. The van der Waals surface area contributed by atoms with Crippen LogP contribution in [-0.2, 0) is 0 Å². The number of rotatable bonds is 4. The van der Waals surface area contributed by atoms with Gasteiger partial charge in [0.15, 0.2) is 0 Å². The van der Waals surface area contributed by atoms with Crippen molar-refractivity contribution >= 4 is 5.91 Å². The summed E-state index contributed by atoms with van der Waals surface area (Å²) in [5.41, 5.74) is 1.75. The van der Waals surface area contributed by atoms with Crippen LogP contribution in [0, 0.1) is 6.92 Å². The third kappa shape index (κ3) is 3.33. The van der Waals surface area contributed by atoms with Crippen LogP contribution in [0.2, 0.25) is 0 Å². The summed E-state index contributed by atoms with van der Waals surface area (Å²) in [5, 5.41) is 22.2. The maximum atomic E-state index is 12.0. The highest BCUT2D eigenvalue weighted by Gasteiger charge is 2.13. The van der Waals surface area contributed by atoms with E-state index < -0.39 is 12.0 Å². The lowest BCUT2D eigenvalue weighted by Crippen LogP contribution is -2.28. The molecular formula is C15H16N2O3. The Hall–Kier alpha value is -2.40. The summed E-state index contributed by atoms with van der Waals surface area (Å²) in [6, 6.07) is 8.16. The van der Waals surface area contributed by atoms with Crippen molar-refractivity contribution in [1.82, 2.24) is 10.3 Å². The normalized spacial score (nSPS) is 11.9. The van der Waals surface area contributed by atoms with Gasteiger partial charge in [-0.15, -0.1) is 0 Å². The van der Waals surface area contributed by atoms with Crippen molar-refractivity contribution in [3.8, 4) is 5.75 Å². The number of hydrogen-bond acceptors (Lipinski definition) is 4. The highest BCUT2D eigenvalue weighted by atomic mass is 16.3. The average molecular weight is 272 g/mol. The van der Waals surface area contributed by atoms with Gasteiger partial charge >= 0.3 is 0 Å². The molecule has 5 heteroatoms. The summed E-state index contributed by atoms with van der Waals surface area (Å²) in [7, 11) is 0. The van der Waals surface area contributed by atoms with Gasteiger partial charge in [-0.1, -0.05) is 11.6 Å². The Balaban J connectivity index is 2.00. The van der Waals surface area contributed by atoms with Crippen LogP contribution in [0.1, 0.15) is 27.6 Å². The lowest BCUT2D eigenvalue weighted by atomic mass is 10.1. The molecule has 1 amide bonds. The number of aliphatic hydroxyl groups is 1. The van der Waals surface area contributed by atoms with E-state index >= 15 is 0 Å². The lowest BCUT2D eigenvalue weighted by Gasteiger charge is -2.12. The van der Waals surface area contributed by atoms with Crippen molar-refractivity contribution in [3.63, 3.8) is 0 Å². The van der Waals surface area contributed by atoms with Crippen molar-refractivity contribution in [3.05, 3.63) is 59.4 Å². The van der Waals surface area contributed by atoms with Gasteiger partial charge in [-0.3, -0.25) is 9.78 Å². The number of carbonyl (C=O) groups excluding carboxylic acids is 1. The van der Waals surface area contributed by atoms with E-state index in [0.29, 0.717) is 5.56 Å². The van der Waals surface area contributed by atoms with Crippen LogP contribution in [0.25, 0.3) is 0 Å². The van der Waals surface area contributed by atoms with Gasteiger partial charge < -0.3 is 15.5 Å². The molecule has 104 valence electrons. The third-order valence-corrected chi connectivity index (χ3v) is 2.94. The number of pyridine rings is 1. The van der Waals surface area contributed by atoms with Crippen LogP contribution < -0.4 is 5.32 Å². The van der Waals surface area contributed by atoms with E-state index in [4.69, 9.17) is 0 Å². The van der Waals surface area contributed by atoms with Gasteiger partial charge in [0.25, 0.3) is 5.91 Å². The van der Waals surface area contributed by atoms with Gasteiger partial charge in [0.05, 0.1) is 11.7 Å². The summed E-state index contributed by atoms with van der Waals surface area (Å²) in [6.07, 6.45) is 2.34. The Bertz CT molecular complexity index is 599. The van der Waals surface area contributed by atoms with Gasteiger partial charge in [0.1, 0.15) is 5.75 Å². The first kappa shape index (κ1) is 14.0. The summed E-state index contributed by atoms with van der Waals surface area (Å²) < 4.78 is 0. The quantitative estimate of drug-likeness (QED) is 0.788. The van der Waals surface area contributed by atoms with Gasteiger partial charge in [0.2, 0.25) is 0 Å². The molecule has 1 aromatic heterocycles. The number of benzene rings is 1. The summed E-state index contributed by atoms with van der Waals surface area (Å²) in [6.45, 7) is 1.90. The molecule has 0 saturated carbocycles. The number of phenols is 1. The number of aliphatic hydroxyl groups excluding tert-OH is 1. The maximum absolute atomic E-state index is 12.0. The number of aryl methyl sites for hydroxylation is 1. The van der Waals surface area contributed by atoms with E-state index in [2.05, 4.69) is 10.3 Å². The second-order valence-corrected chi connectivity index (χ2v) is 4.53. The lowest BCUT2D eigenvalue weighted by molar-refractivity contribution is 0.0913. The molecular weight excluding hydrogens is 256 g/mol. The predicted molar refractivity (Wildman–Crippen MR) is 74.4 cm³/mol. The molecule has 2 rings (SSSR count). The van der Waals surface area contributed by atoms with Gasteiger partial charge in [-0.05, 0) is 36.8 Å². The van der Waals surface area contributed by atoms with Crippen molar-refractivity contribution in [1.29, 1.82) is 0 Å². The molecule has 20 heavy (non-hydrogen) atoms. The molecule has 0 spiro atoms. The highest BCUT2D eigenvalue weighted by molar-refractivity contribution is 5.97. The number of nitrogens with zero attached hydrogens (tertiary/aromatic N) is 1. The Morgan fingerprint density at radius 1 is 1.30 bits per heavy atom. The second kappa shape index (κ2) is 6.16. The molecule has 0 saturated heterocycles. The van der Waals surface area contributed by atoms with Crippen LogP contribution in [-0.4, -0.2) is 27.6 Å². The molecule has 5 nitrogen and oxygen atoms in total. The molecule has 0 aliphatic carbocycles. The third-order valence-electron chi connectivity index (χ3n) is 2.94. The Morgan fingerprint density at radius 3 is 2.70 bits per heavy atom. The van der Waals surface area contributed by atoms with E-state index in [9.17, 15) is 15.0 Å². The molecule has 0 aliphatic rings. The van der Waals surface area contributed by atoms with E-state index in [0.717, 1.165) is 5.56 Å². The zero-order chi connectivity index (χ0) is 14.5. The fourth-order valence-electron chi connectivity index (χ4n) is 1.82. The van der Waals surface area contributed by atoms with Gasteiger partial charge in [-0.25, -0.2) is 0 Å². The van der Waals surface area contributed by atoms with E-state index in [1.165, 1.54) is 6.07 Å². The molecule has 1 unspecified atom stereocenters. The number of aromatic hydroxyl groups is 1. The molecule has 1 aromatic carbocycles. The second-order valence-electron chi connectivity index (χ2n) is 4.53. The van der Waals surface area contributed by atoms with Gasteiger partial charge in [-0.2, -0.15) is 0 Å². The summed E-state index contributed by atoms with van der Waals surface area (Å²) in [5.74, 6) is -0.495. The molecule has 1 atom stereocenters. The average Bonchev–Trinajstić information content (AvgIpc) is 2.47. The van der Waals surface area contributed by atoms with Crippen LogP contribution >= 0.6 is 0 Å². The predicted octanol–water partition coefficient (Wildman–Crippen LogP) is 1.56. The molecule has 0 aliphatic heterocycles. The van der Waals surface area contributed by atoms with Crippen LogP contribution in [0.3, 0.4) is 0 Å². The smallest absolute Gasteiger partial charge is 0.255 e. The van der Waals surface area contributed by atoms with Crippen LogP contribution in [0.4, 0.5) is 0 Å². The standard InChI is InChI=1S/C15H16N2O3/c1-10-2-3-13(18)12(8-10)15(20)17-9-14(19)11-4-6-16-7-5-11/h2-8,14,18-19H,9H2,1H3,(H,17,20). The minimum Gasteiger partial charge on any atom is -0.507 e. The topological polar surface area (TPSA) is 82.5 Å². The largest absolute Gasteiger partial charge is 0.507 e. The number of hydrogen-bond donors (Lipinski definition) is 3. The van der Waals surface area contributed by atoms with E-state index in [-0.39, 0.29) is 17.9 Å². The van der Waals surface area contributed by atoms with Crippen LogP contribution in [0.5, 0.6) is 5.75 Å². The zero-order valence-electron chi connectivity index (χ0n) is 11.1. The number of phenolic OH excluding ortho intramolecular Hbond substituents is 1. The fraction of sp³-hybridized carbons (Fsp3) is 0.200. The van der Waals surface area contributed by atoms with Gasteiger partial charge in [0, 0.05) is 18.9 Å². The molecule has 0 fully saturated rings. The van der Waals surface area contributed by atoms with Crippen molar-refractivity contribution in [2.45, 2.75) is 13.0 Å². The number of aromatic nitrogens is 1. The number of nitrogens with one attached hydrogen (secondary N) is 1. The molecule has 0 bridgehead atoms. The zero-order valence-corrected chi connectivity index (χ0v) is 11.1. The van der Waals surface area contributed by atoms with Crippen molar-refractivity contribution in [2.24, 2.45) is 0 Å².